The predicted molar refractivity (Wildman–Crippen MR) is 86.3 cm³/mol. The van der Waals surface area contributed by atoms with Crippen LogP contribution in [-0.2, 0) is 13.1 Å². The van der Waals surface area contributed by atoms with Crippen molar-refractivity contribution in [3.8, 4) is 11.9 Å². The predicted octanol–water partition coefficient (Wildman–Crippen LogP) is -0.138. The Kier molecular flexibility index (Phi) is 5.42. The molecule has 7 heteroatoms. The van der Waals surface area contributed by atoms with Crippen molar-refractivity contribution in [1.82, 2.24) is 14.4 Å². The number of piperazine rings is 1. The van der Waals surface area contributed by atoms with Gasteiger partial charge in [0, 0.05) is 38.3 Å². The summed E-state index contributed by atoms with van der Waals surface area (Å²) < 4.78 is 1.10. The molecule has 1 aromatic heterocycles. The average molecular weight is 320 g/mol. The Morgan fingerprint density at radius 3 is 2.43 bits per heavy atom. The van der Waals surface area contributed by atoms with Gasteiger partial charge in [-0.1, -0.05) is 0 Å². The van der Waals surface area contributed by atoms with E-state index in [-0.39, 0.29) is 18.0 Å². The van der Waals surface area contributed by atoms with Gasteiger partial charge in [0.1, 0.15) is 11.6 Å². The largest absolute Gasteiger partial charge is 0.494 e. The summed E-state index contributed by atoms with van der Waals surface area (Å²) in [6.07, 6.45) is -0.788. The number of aromatic hydroxyl groups is 1. The number of rotatable bonds is 4. The van der Waals surface area contributed by atoms with E-state index < -0.39 is 11.7 Å². The third kappa shape index (κ3) is 3.72. The standard InChI is InChI=1S/C16H24N4O3/c1-11(21)9-20-15(22)13(8-17)12(2)14(16(20)23)10-19-6-4-18(3)5-7-19/h11,21,23H,4-7,9-10H2,1-3H3/t11-/m1/s1. The molecule has 0 spiro atoms. The molecular weight excluding hydrogens is 296 g/mol. The van der Waals surface area contributed by atoms with Gasteiger partial charge in [0.05, 0.1) is 12.6 Å². The summed E-state index contributed by atoms with van der Waals surface area (Å²) in [5.74, 6) is -0.147. The molecule has 1 fully saturated rings. The van der Waals surface area contributed by atoms with Crippen molar-refractivity contribution in [2.45, 2.75) is 33.0 Å². The summed E-state index contributed by atoms with van der Waals surface area (Å²) >= 11 is 0. The molecule has 0 saturated carbocycles. The average Bonchev–Trinajstić information content (AvgIpc) is 2.50. The lowest BCUT2D eigenvalue weighted by Crippen LogP contribution is -2.44. The molecule has 1 aromatic rings. The maximum atomic E-state index is 12.3. The number of hydrogen-bond acceptors (Lipinski definition) is 6. The van der Waals surface area contributed by atoms with Gasteiger partial charge >= 0.3 is 0 Å². The highest BCUT2D eigenvalue weighted by Crippen LogP contribution is 2.24. The quantitative estimate of drug-likeness (QED) is 0.802. The zero-order valence-electron chi connectivity index (χ0n) is 13.9. The molecule has 0 radical (unpaired) electrons. The molecule has 0 aromatic carbocycles. The van der Waals surface area contributed by atoms with Crippen molar-refractivity contribution in [3.63, 3.8) is 0 Å². The van der Waals surface area contributed by atoms with E-state index in [4.69, 9.17) is 0 Å². The number of likely N-dealkylation sites (N-methyl/N-ethyl adjacent to an activating group) is 1. The van der Waals surface area contributed by atoms with Gasteiger partial charge in [-0.2, -0.15) is 5.26 Å². The number of aliphatic hydroxyl groups excluding tert-OH is 1. The molecular formula is C16H24N4O3. The third-order valence-corrected chi connectivity index (χ3v) is 4.35. The molecule has 1 aliphatic rings. The van der Waals surface area contributed by atoms with E-state index in [1.165, 1.54) is 6.92 Å². The van der Waals surface area contributed by atoms with Gasteiger partial charge < -0.3 is 15.1 Å². The Balaban J connectivity index is 2.42. The summed E-state index contributed by atoms with van der Waals surface area (Å²) in [6.45, 7) is 7.31. The summed E-state index contributed by atoms with van der Waals surface area (Å²) in [5, 5.41) is 29.4. The minimum absolute atomic E-state index is 0.0324. The zero-order valence-corrected chi connectivity index (χ0v) is 13.9. The second kappa shape index (κ2) is 7.13. The Morgan fingerprint density at radius 1 is 1.30 bits per heavy atom. The molecule has 1 atom stereocenters. The second-order valence-corrected chi connectivity index (χ2v) is 6.26. The molecule has 0 aliphatic carbocycles. The van der Waals surface area contributed by atoms with Gasteiger partial charge in [-0.05, 0) is 26.5 Å². The van der Waals surface area contributed by atoms with E-state index in [0.717, 1.165) is 30.7 Å². The summed E-state index contributed by atoms with van der Waals surface area (Å²) in [7, 11) is 2.07. The van der Waals surface area contributed by atoms with Gasteiger partial charge in [0.2, 0.25) is 0 Å². The molecule has 0 unspecified atom stereocenters. The van der Waals surface area contributed by atoms with Crippen LogP contribution in [0.25, 0.3) is 0 Å². The van der Waals surface area contributed by atoms with Crippen LogP contribution < -0.4 is 5.56 Å². The van der Waals surface area contributed by atoms with Gasteiger partial charge in [-0.3, -0.25) is 14.3 Å². The SMILES string of the molecule is Cc1c(CN2CCN(C)CC2)c(O)n(C[C@@H](C)O)c(=O)c1C#N. The lowest BCUT2D eigenvalue weighted by atomic mass is 10.0. The van der Waals surface area contributed by atoms with Crippen molar-refractivity contribution in [3.05, 3.63) is 27.0 Å². The van der Waals surface area contributed by atoms with Crippen LogP contribution in [-0.4, -0.2) is 63.9 Å². The first-order valence-corrected chi connectivity index (χ1v) is 7.79. The smallest absolute Gasteiger partial charge is 0.271 e. The van der Waals surface area contributed by atoms with Crippen molar-refractivity contribution < 1.29 is 10.2 Å². The highest BCUT2D eigenvalue weighted by Gasteiger charge is 2.22. The van der Waals surface area contributed by atoms with Gasteiger partial charge in [-0.25, -0.2) is 0 Å². The van der Waals surface area contributed by atoms with E-state index in [2.05, 4.69) is 16.8 Å². The minimum Gasteiger partial charge on any atom is -0.494 e. The highest BCUT2D eigenvalue weighted by atomic mass is 16.3. The van der Waals surface area contributed by atoms with Crippen LogP contribution in [0.2, 0.25) is 0 Å². The first-order chi connectivity index (χ1) is 10.8. The summed E-state index contributed by atoms with van der Waals surface area (Å²) in [6, 6.07) is 1.94. The zero-order chi connectivity index (χ0) is 17.1. The molecule has 126 valence electrons. The Labute approximate surface area is 136 Å². The van der Waals surface area contributed by atoms with Gasteiger partial charge in [-0.15, -0.1) is 0 Å². The topological polar surface area (TPSA) is 92.7 Å². The third-order valence-electron chi connectivity index (χ3n) is 4.35. The fourth-order valence-corrected chi connectivity index (χ4v) is 2.86. The lowest BCUT2D eigenvalue weighted by Gasteiger charge is -2.33. The lowest BCUT2D eigenvalue weighted by molar-refractivity contribution is 0.144. The number of pyridine rings is 1. The molecule has 0 amide bonds. The maximum absolute atomic E-state index is 12.3. The molecule has 2 rings (SSSR count). The van der Waals surface area contributed by atoms with E-state index in [1.54, 1.807) is 6.92 Å². The first kappa shape index (κ1) is 17.5. The molecule has 0 bridgehead atoms. The second-order valence-electron chi connectivity index (χ2n) is 6.26. The van der Waals surface area contributed by atoms with E-state index in [0.29, 0.717) is 17.7 Å². The molecule has 1 aliphatic heterocycles. The first-order valence-electron chi connectivity index (χ1n) is 7.79. The van der Waals surface area contributed by atoms with Crippen molar-refractivity contribution in [2.24, 2.45) is 0 Å². The van der Waals surface area contributed by atoms with Crippen molar-refractivity contribution in [2.75, 3.05) is 33.2 Å². The molecule has 7 nitrogen and oxygen atoms in total. The van der Waals surface area contributed by atoms with E-state index >= 15 is 0 Å². The Morgan fingerprint density at radius 2 is 1.91 bits per heavy atom. The van der Waals surface area contributed by atoms with Gasteiger partial charge in [0.15, 0.2) is 5.88 Å². The highest BCUT2D eigenvalue weighted by molar-refractivity contribution is 5.45. The number of aliphatic hydroxyl groups is 1. The van der Waals surface area contributed by atoms with Crippen molar-refractivity contribution >= 4 is 0 Å². The summed E-state index contributed by atoms with van der Waals surface area (Å²) in [4.78, 5) is 16.7. The molecule has 23 heavy (non-hydrogen) atoms. The number of nitriles is 1. The Bertz CT molecular complexity index is 667. The fourth-order valence-electron chi connectivity index (χ4n) is 2.86. The fraction of sp³-hybridized carbons (Fsp3) is 0.625. The van der Waals surface area contributed by atoms with Crippen LogP contribution in [0.4, 0.5) is 0 Å². The molecule has 2 N–H and O–H groups in total. The van der Waals surface area contributed by atoms with Crippen LogP contribution in [0.1, 0.15) is 23.6 Å². The van der Waals surface area contributed by atoms with Gasteiger partial charge in [0.25, 0.3) is 5.56 Å². The van der Waals surface area contributed by atoms with Crippen LogP contribution >= 0.6 is 0 Å². The van der Waals surface area contributed by atoms with Crippen LogP contribution in [0.5, 0.6) is 5.88 Å². The van der Waals surface area contributed by atoms with Crippen molar-refractivity contribution in [1.29, 1.82) is 5.26 Å². The Hall–Kier alpha value is -1.88. The van der Waals surface area contributed by atoms with E-state index in [9.17, 15) is 20.3 Å². The number of aromatic nitrogens is 1. The number of nitrogens with zero attached hydrogens (tertiary/aromatic N) is 4. The summed E-state index contributed by atoms with van der Waals surface area (Å²) in [5.41, 5.74) is 0.597. The van der Waals surface area contributed by atoms with Crippen LogP contribution in [0.15, 0.2) is 4.79 Å². The monoisotopic (exact) mass is 320 g/mol. The molecule has 1 saturated heterocycles. The minimum atomic E-state index is -0.788. The number of hydrogen-bond donors (Lipinski definition) is 2. The maximum Gasteiger partial charge on any atom is 0.271 e. The normalized spacial score (nSPS) is 17.9. The molecule has 2 heterocycles. The van der Waals surface area contributed by atoms with Crippen LogP contribution in [0.3, 0.4) is 0 Å². The van der Waals surface area contributed by atoms with E-state index in [1.807, 2.05) is 6.07 Å². The van der Waals surface area contributed by atoms with Crippen LogP contribution in [0, 0.1) is 18.3 Å².